The van der Waals surface area contributed by atoms with Crippen molar-refractivity contribution < 1.29 is 53.2 Å². The van der Waals surface area contributed by atoms with E-state index in [1.54, 1.807) is 13.0 Å². The smallest absolute Gasteiger partial charge is 0.357 e. The minimum atomic E-state index is -1.46. The third-order valence-electron chi connectivity index (χ3n) is 9.10. The van der Waals surface area contributed by atoms with Crippen molar-refractivity contribution in [2.45, 2.75) is 128 Å². The van der Waals surface area contributed by atoms with Crippen LogP contribution in [0.5, 0.6) is 11.8 Å². The van der Waals surface area contributed by atoms with Crippen molar-refractivity contribution in [3.8, 4) is 11.8 Å². The van der Waals surface area contributed by atoms with Crippen LogP contribution >= 0.6 is 0 Å². The van der Waals surface area contributed by atoms with Crippen molar-refractivity contribution in [3.63, 3.8) is 0 Å². The van der Waals surface area contributed by atoms with Crippen LogP contribution in [0.4, 0.5) is 0 Å². The number of amides is 2. The van der Waals surface area contributed by atoms with Crippen LogP contribution in [0.3, 0.4) is 0 Å². The van der Waals surface area contributed by atoms with E-state index in [9.17, 15) is 29.4 Å². The first-order chi connectivity index (χ1) is 23.4. The lowest BCUT2D eigenvalue weighted by Gasteiger charge is -2.39. The van der Waals surface area contributed by atoms with Gasteiger partial charge in [0, 0.05) is 38.0 Å². The zero-order chi connectivity index (χ0) is 36.8. The van der Waals surface area contributed by atoms with Crippen molar-refractivity contribution in [1.82, 2.24) is 15.4 Å². The van der Waals surface area contributed by atoms with Crippen LogP contribution in [0.25, 0.3) is 0 Å². The van der Waals surface area contributed by atoms with E-state index in [0.717, 1.165) is 24.1 Å². The molecular formula is C36H51N3O11. The molecule has 0 aliphatic carbocycles. The minimum absolute atomic E-state index is 0.00122. The van der Waals surface area contributed by atoms with Gasteiger partial charge in [-0.25, -0.2) is 4.79 Å². The molecule has 1 spiro atoms. The summed E-state index contributed by atoms with van der Waals surface area (Å²) in [6.07, 6.45) is 10.3. The zero-order valence-corrected chi connectivity index (χ0v) is 29.8. The number of aromatic nitrogens is 1. The quantitative estimate of drug-likeness (QED) is 0.102. The van der Waals surface area contributed by atoms with E-state index >= 15 is 0 Å². The molecular weight excluding hydrogens is 650 g/mol. The van der Waals surface area contributed by atoms with Crippen LogP contribution in [0.15, 0.2) is 48.1 Å². The minimum Gasteiger partial charge on any atom is -0.492 e. The molecule has 0 aromatic carbocycles. The number of rotatable bonds is 13. The maximum Gasteiger partial charge on any atom is 0.357 e. The Bertz CT molecular complexity index is 1470. The lowest BCUT2D eigenvalue weighted by molar-refractivity contribution is -0.154. The number of aromatic hydroxyl groups is 2. The molecule has 3 aliphatic heterocycles. The number of nitrogens with zero attached hydrogens (tertiary/aromatic N) is 1. The Labute approximate surface area is 292 Å². The van der Waals surface area contributed by atoms with Gasteiger partial charge in [-0.1, -0.05) is 30.7 Å². The van der Waals surface area contributed by atoms with E-state index < -0.39 is 47.4 Å². The number of epoxide rings is 1. The van der Waals surface area contributed by atoms with Gasteiger partial charge in [0.15, 0.2) is 0 Å². The topological polar surface area (TPSA) is 187 Å². The summed E-state index contributed by atoms with van der Waals surface area (Å²) in [6.45, 7) is 12.6. The van der Waals surface area contributed by atoms with Gasteiger partial charge in [0.1, 0.15) is 11.6 Å². The molecule has 2 amide bonds. The van der Waals surface area contributed by atoms with Gasteiger partial charge < -0.3 is 44.6 Å². The van der Waals surface area contributed by atoms with Gasteiger partial charge in [0.05, 0.1) is 49.1 Å². The summed E-state index contributed by atoms with van der Waals surface area (Å²) in [4.78, 5) is 54.3. The average molecular weight is 702 g/mol. The molecule has 8 atom stereocenters. The third kappa shape index (κ3) is 10.9. The van der Waals surface area contributed by atoms with Gasteiger partial charge >= 0.3 is 11.9 Å². The Balaban J connectivity index is 1.25. The number of esters is 1. The molecule has 4 N–H and O–H groups in total. The van der Waals surface area contributed by atoms with Crippen LogP contribution in [-0.2, 0) is 38.1 Å². The first kappa shape index (κ1) is 38.7. The Kier molecular flexibility index (Phi) is 12.6. The molecule has 50 heavy (non-hydrogen) atoms. The summed E-state index contributed by atoms with van der Waals surface area (Å²) in [6, 6.07) is 2.19. The molecule has 1 aromatic heterocycles. The second-order valence-electron chi connectivity index (χ2n) is 14.2. The van der Waals surface area contributed by atoms with Crippen molar-refractivity contribution in [3.05, 3.63) is 48.1 Å². The zero-order valence-electron chi connectivity index (χ0n) is 29.8. The van der Waals surface area contributed by atoms with Crippen molar-refractivity contribution >= 4 is 23.8 Å². The Hall–Kier alpha value is -4.14. The fourth-order valence-corrected chi connectivity index (χ4v) is 6.23. The first-order valence-corrected chi connectivity index (χ1v) is 17.0. The summed E-state index contributed by atoms with van der Waals surface area (Å²) in [5.41, 5.74) is -0.762. The molecule has 0 bridgehead atoms. The highest BCUT2D eigenvalue weighted by molar-refractivity contribution is 5.88. The molecule has 4 heterocycles. The molecule has 1 aromatic rings. The summed E-state index contributed by atoms with van der Waals surface area (Å²) >= 11 is 0. The van der Waals surface area contributed by atoms with Gasteiger partial charge in [-0.3, -0.25) is 14.4 Å². The number of hydrogen-bond donors (Lipinski definition) is 4. The average Bonchev–Trinajstić information content (AvgIpc) is 3.68. The molecule has 3 saturated heterocycles. The summed E-state index contributed by atoms with van der Waals surface area (Å²) in [5, 5.41) is 25.2. The Morgan fingerprint density at radius 1 is 1.10 bits per heavy atom. The molecule has 276 valence electrons. The van der Waals surface area contributed by atoms with Crippen LogP contribution in [-0.4, -0.2) is 93.0 Å². The summed E-state index contributed by atoms with van der Waals surface area (Å²) < 4.78 is 23.9. The predicted octanol–water partition coefficient (Wildman–Crippen LogP) is 3.15. The molecule has 3 aliphatic rings. The lowest BCUT2D eigenvalue weighted by atomic mass is 9.88. The highest BCUT2D eigenvalue weighted by atomic mass is 16.7. The summed E-state index contributed by atoms with van der Waals surface area (Å²) in [5.74, 6) is -2.69. The highest BCUT2D eigenvalue weighted by Gasteiger charge is 2.51. The maximum absolute atomic E-state index is 13.0. The number of carbonyl (C=O) groups is 4. The molecule has 3 fully saturated rings. The van der Waals surface area contributed by atoms with E-state index in [1.165, 1.54) is 26.8 Å². The van der Waals surface area contributed by atoms with Gasteiger partial charge in [-0.2, -0.15) is 0 Å². The normalized spacial score (nSPS) is 29.1. The molecule has 0 radical (unpaired) electrons. The van der Waals surface area contributed by atoms with E-state index in [1.807, 2.05) is 26.0 Å². The molecule has 14 nitrogen and oxygen atoms in total. The fraction of sp³-hybridized carbons (Fsp3) is 0.611. The van der Waals surface area contributed by atoms with Gasteiger partial charge in [-0.05, 0) is 59.5 Å². The van der Waals surface area contributed by atoms with Gasteiger partial charge in [0.2, 0.25) is 23.6 Å². The third-order valence-corrected chi connectivity index (χ3v) is 9.10. The lowest BCUT2D eigenvalue weighted by Crippen LogP contribution is -2.54. The summed E-state index contributed by atoms with van der Waals surface area (Å²) in [7, 11) is 0. The predicted molar refractivity (Wildman–Crippen MR) is 181 cm³/mol. The number of carbonyl (C=O) groups excluding carboxylic acids is 4. The highest BCUT2D eigenvalue weighted by Crippen LogP contribution is 2.43. The van der Waals surface area contributed by atoms with E-state index in [2.05, 4.69) is 23.6 Å². The molecule has 0 saturated carbocycles. The molecule has 14 heteroatoms. The molecule has 4 rings (SSSR count). The Morgan fingerprint density at radius 3 is 2.42 bits per heavy atom. The van der Waals surface area contributed by atoms with Crippen LogP contribution in [0.1, 0.15) is 80.6 Å². The second kappa shape index (κ2) is 16.3. The number of nitrogens with one attached hydrogen (secondary N) is 2. The SMILES string of the molecule is CC(=O)OC(C)C=CC(=O)NC1CC(C)C(CC=C(C)C=CC2CC3(CO3)CC(CC(=O)NC(C)(C)C(=O)On3c(O)ccc3O)O2)OC1C. The molecule has 8 unspecified atom stereocenters. The standard InChI is InChI=1S/C36H51N3O11/c1-21(9-12-29-22(2)16-28(24(4)48-29)37-30(41)13-10-23(3)47-25(5)40)8-11-26-18-36(20-46-36)19-27(49-26)17-31(42)38-35(6,7)34(45)50-39-32(43)14-15-33(39)44/h8-11,13-15,22-24,26-29,43-44H,12,16-20H2,1-7H3,(H,37,41)(H,38,42). The van der Waals surface area contributed by atoms with E-state index in [-0.39, 0.29) is 48.2 Å². The Morgan fingerprint density at radius 2 is 1.78 bits per heavy atom. The van der Waals surface area contributed by atoms with E-state index in [0.29, 0.717) is 30.6 Å². The number of hydrogen-bond acceptors (Lipinski definition) is 11. The van der Waals surface area contributed by atoms with Crippen molar-refractivity contribution in [2.24, 2.45) is 5.92 Å². The van der Waals surface area contributed by atoms with Crippen molar-refractivity contribution in [1.29, 1.82) is 0 Å². The van der Waals surface area contributed by atoms with Crippen molar-refractivity contribution in [2.75, 3.05) is 6.61 Å². The number of allylic oxidation sites excluding steroid dienone is 2. The maximum atomic E-state index is 13.0. The monoisotopic (exact) mass is 701 g/mol. The van der Waals surface area contributed by atoms with Crippen LogP contribution in [0.2, 0.25) is 0 Å². The second-order valence-corrected chi connectivity index (χ2v) is 14.2. The van der Waals surface area contributed by atoms with Crippen LogP contribution in [0, 0.1) is 5.92 Å². The van der Waals surface area contributed by atoms with Crippen LogP contribution < -0.4 is 15.5 Å². The van der Waals surface area contributed by atoms with E-state index in [4.69, 9.17) is 23.8 Å². The van der Waals surface area contributed by atoms with Gasteiger partial charge in [-0.15, -0.1) is 4.73 Å². The largest absolute Gasteiger partial charge is 0.492 e. The first-order valence-electron chi connectivity index (χ1n) is 17.0. The van der Waals surface area contributed by atoms with Gasteiger partial charge in [0.25, 0.3) is 0 Å². The fourth-order valence-electron chi connectivity index (χ4n) is 6.23. The number of ether oxygens (including phenoxy) is 4.